The van der Waals surface area contributed by atoms with Crippen LogP contribution in [-0.2, 0) is 17.9 Å². The standard InChI is InChI=1S/C16H20N4O/c1-12-3-2-4-14(7-12)19-16(21)10-20-9-15(18-11-20)8-17-13-5-6-13/h2-4,7,9,11,13,17H,5-6,8,10H2,1H3,(H,19,21). The van der Waals surface area contributed by atoms with Crippen molar-refractivity contribution in [1.29, 1.82) is 0 Å². The highest BCUT2D eigenvalue weighted by Crippen LogP contribution is 2.19. The summed E-state index contributed by atoms with van der Waals surface area (Å²) in [6, 6.07) is 8.45. The lowest BCUT2D eigenvalue weighted by Crippen LogP contribution is -2.18. The number of benzene rings is 1. The zero-order valence-corrected chi connectivity index (χ0v) is 12.2. The van der Waals surface area contributed by atoms with E-state index in [1.54, 1.807) is 6.33 Å². The summed E-state index contributed by atoms with van der Waals surface area (Å²) in [4.78, 5) is 16.3. The fourth-order valence-corrected chi connectivity index (χ4v) is 2.21. The third-order valence-electron chi connectivity index (χ3n) is 3.46. The Kier molecular flexibility index (Phi) is 4.01. The first-order valence-corrected chi connectivity index (χ1v) is 7.29. The maximum Gasteiger partial charge on any atom is 0.244 e. The number of hydrogen-bond donors (Lipinski definition) is 2. The van der Waals surface area contributed by atoms with Gasteiger partial charge in [-0.15, -0.1) is 0 Å². The van der Waals surface area contributed by atoms with Crippen molar-refractivity contribution in [3.05, 3.63) is 48.0 Å². The highest BCUT2D eigenvalue weighted by molar-refractivity contribution is 5.90. The van der Waals surface area contributed by atoms with E-state index in [1.807, 2.05) is 42.0 Å². The molecular weight excluding hydrogens is 264 g/mol. The molecule has 1 fully saturated rings. The summed E-state index contributed by atoms with van der Waals surface area (Å²) in [5.41, 5.74) is 2.94. The van der Waals surface area contributed by atoms with Gasteiger partial charge in [-0.05, 0) is 37.5 Å². The van der Waals surface area contributed by atoms with Gasteiger partial charge in [0.05, 0.1) is 12.0 Å². The molecule has 2 N–H and O–H groups in total. The van der Waals surface area contributed by atoms with Gasteiger partial charge in [-0.25, -0.2) is 4.98 Å². The van der Waals surface area contributed by atoms with Crippen LogP contribution in [0.2, 0.25) is 0 Å². The third kappa shape index (κ3) is 4.16. The number of carbonyl (C=O) groups is 1. The summed E-state index contributed by atoms with van der Waals surface area (Å²) in [7, 11) is 0. The van der Waals surface area contributed by atoms with Crippen LogP contribution in [-0.4, -0.2) is 21.5 Å². The minimum Gasteiger partial charge on any atom is -0.328 e. The number of hydrogen-bond acceptors (Lipinski definition) is 3. The number of anilines is 1. The monoisotopic (exact) mass is 284 g/mol. The highest BCUT2D eigenvalue weighted by Gasteiger charge is 2.20. The van der Waals surface area contributed by atoms with Gasteiger partial charge in [-0.3, -0.25) is 4.79 Å². The smallest absolute Gasteiger partial charge is 0.244 e. The van der Waals surface area contributed by atoms with Crippen LogP contribution in [0.1, 0.15) is 24.1 Å². The van der Waals surface area contributed by atoms with Gasteiger partial charge in [0, 0.05) is 24.5 Å². The van der Waals surface area contributed by atoms with Crippen LogP contribution in [0.5, 0.6) is 0 Å². The van der Waals surface area contributed by atoms with E-state index in [2.05, 4.69) is 15.6 Å². The summed E-state index contributed by atoms with van der Waals surface area (Å²) in [6.45, 7) is 3.06. The van der Waals surface area contributed by atoms with Gasteiger partial charge in [0.2, 0.25) is 5.91 Å². The lowest BCUT2D eigenvalue weighted by molar-refractivity contribution is -0.116. The van der Waals surface area contributed by atoms with Crippen LogP contribution in [0.4, 0.5) is 5.69 Å². The number of carbonyl (C=O) groups excluding carboxylic acids is 1. The lowest BCUT2D eigenvalue weighted by atomic mass is 10.2. The average Bonchev–Trinajstić information content (AvgIpc) is 3.17. The fourth-order valence-electron chi connectivity index (χ4n) is 2.21. The molecule has 3 rings (SSSR count). The molecule has 1 heterocycles. The Morgan fingerprint density at radius 3 is 3.05 bits per heavy atom. The Labute approximate surface area is 124 Å². The zero-order valence-electron chi connectivity index (χ0n) is 12.2. The molecule has 0 bridgehead atoms. The zero-order chi connectivity index (χ0) is 14.7. The van der Waals surface area contributed by atoms with Crippen molar-refractivity contribution in [3.63, 3.8) is 0 Å². The topological polar surface area (TPSA) is 59.0 Å². The van der Waals surface area contributed by atoms with E-state index in [-0.39, 0.29) is 12.5 Å². The van der Waals surface area contributed by atoms with E-state index in [0.29, 0.717) is 6.04 Å². The summed E-state index contributed by atoms with van der Waals surface area (Å²) >= 11 is 0. The molecule has 0 unspecified atom stereocenters. The second kappa shape index (κ2) is 6.10. The number of imidazole rings is 1. The molecule has 1 aromatic heterocycles. The Balaban J connectivity index is 1.51. The SMILES string of the molecule is Cc1cccc(NC(=O)Cn2cnc(CNC3CC3)c2)c1. The number of aromatic nitrogens is 2. The molecule has 2 aromatic rings. The summed E-state index contributed by atoms with van der Waals surface area (Å²) in [5.74, 6) is -0.0419. The number of aryl methyl sites for hydroxylation is 1. The minimum absolute atomic E-state index is 0.0419. The Hall–Kier alpha value is -2.14. The molecular formula is C16H20N4O. The van der Waals surface area contributed by atoms with Crippen molar-refractivity contribution >= 4 is 11.6 Å². The molecule has 1 saturated carbocycles. The number of nitrogens with one attached hydrogen (secondary N) is 2. The van der Waals surface area contributed by atoms with Gasteiger partial charge < -0.3 is 15.2 Å². The molecule has 0 radical (unpaired) electrons. The molecule has 0 atom stereocenters. The van der Waals surface area contributed by atoms with Gasteiger partial charge in [-0.2, -0.15) is 0 Å². The molecule has 0 spiro atoms. The van der Waals surface area contributed by atoms with E-state index < -0.39 is 0 Å². The summed E-state index contributed by atoms with van der Waals surface area (Å²) in [5, 5.41) is 6.31. The molecule has 1 aliphatic rings. The van der Waals surface area contributed by atoms with Crippen molar-refractivity contribution < 1.29 is 4.79 Å². The van der Waals surface area contributed by atoms with Crippen LogP contribution >= 0.6 is 0 Å². The Bertz CT molecular complexity index is 631. The molecule has 0 saturated heterocycles. The van der Waals surface area contributed by atoms with Crippen LogP contribution in [0, 0.1) is 6.92 Å². The summed E-state index contributed by atoms with van der Waals surface area (Å²) < 4.78 is 1.81. The summed E-state index contributed by atoms with van der Waals surface area (Å²) in [6.07, 6.45) is 6.16. The van der Waals surface area contributed by atoms with Gasteiger partial charge in [-0.1, -0.05) is 12.1 Å². The minimum atomic E-state index is -0.0419. The Morgan fingerprint density at radius 1 is 1.43 bits per heavy atom. The van der Waals surface area contributed by atoms with Gasteiger partial charge >= 0.3 is 0 Å². The quantitative estimate of drug-likeness (QED) is 0.854. The molecule has 5 heteroatoms. The lowest BCUT2D eigenvalue weighted by Gasteiger charge is -2.06. The van der Waals surface area contributed by atoms with Gasteiger partial charge in [0.15, 0.2) is 0 Å². The van der Waals surface area contributed by atoms with E-state index in [4.69, 9.17) is 0 Å². The van der Waals surface area contributed by atoms with Crippen LogP contribution in [0.3, 0.4) is 0 Å². The van der Waals surface area contributed by atoms with Crippen LogP contribution in [0.15, 0.2) is 36.8 Å². The van der Waals surface area contributed by atoms with Crippen molar-refractivity contribution in [1.82, 2.24) is 14.9 Å². The van der Waals surface area contributed by atoms with Gasteiger partial charge in [0.25, 0.3) is 0 Å². The Morgan fingerprint density at radius 2 is 2.29 bits per heavy atom. The number of nitrogens with zero attached hydrogens (tertiary/aromatic N) is 2. The molecule has 110 valence electrons. The average molecular weight is 284 g/mol. The first-order chi connectivity index (χ1) is 10.2. The van der Waals surface area contributed by atoms with E-state index in [9.17, 15) is 4.79 Å². The largest absolute Gasteiger partial charge is 0.328 e. The molecule has 0 aliphatic heterocycles. The van der Waals surface area contributed by atoms with Crippen LogP contribution in [0.25, 0.3) is 0 Å². The number of amides is 1. The molecule has 1 aromatic carbocycles. The molecule has 1 amide bonds. The second-order valence-electron chi connectivity index (χ2n) is 5.61. The van der Waals surface area contributed by atoms with Crippen molar-refractivity contribution in [2.24, 2.45) is 0 Å². The highest BCUT2D eigenvalue weighted by atomic mass is 16.1. The predicted molar refractivity (Wildman–Crippen MR) is 81.9 cm³/mol. The van der Waals surface area contributed by atoms with E-state index in [1.165, 1.54) is 12.8 Å². The third-order valence-corrected chi connectivity index (χ3v) is 3.46. The maximum atomic E-state index is 12.0. The first-order valence-electron chi connectivity index (χ1n) is 7.29. The van der Waals surface area contributed by atoms with Crippen molar-refractivity contribution in [2.45, 2.75) is 38.9 Å². The predicted octanol–water partition coefficient (Wildman–Crippen LogP) is 2.08. The fraction of sp³-hybridized carbons (Fsp3) is 0.375. The maximum absolute atomic E-state index is 12.0. The molecule has 21 heavy (non-hydrogen) atoms. The van der Waals surface area contributed by atoms with E-state index in [0.717, 1.165) is 23.5 Å². The number of rotatable bonds is 6. The van der Waals surface area contributed by atoms with Gasteiger partial charge in [0.1, 0.15) is 6.54 Å². The van der Waals surface area contributed by atoms with Crippen molar-refractivity contribution in [3.8, 4) is 0 Å². The van der Waals surface area contributed by atoms with Crippen LogP contribution < -0.4 is 10.6 Å². The molecule has 1 aliphatic carbocycles. The normalized spacial score (nSPS) is 14.1. The molecule has 5 nitrogen and oxygen atoms in total. The second-order valence-corrected chi connectivity index (χ2v) is 5.61. The first kappa shape index (κ1) is 13.8. The van der Waals surface area contributed by atoms with Crippen molar-refractivity contribution in [2.75, 3.05) is 5.32 Å². The van der Waals surface area contributed by atoms with E-state index >= 15 is 0 Å².